The fourth-order valence-corrected chi connectivity index (χ4v) is 2.93. The second-order valence-corrected chi connectivity index (χ2v) is 6.58. The Balaban J connectivity index is 2.83. The van der Waals surface area contributed by atoms with Gasteiger partial charge in [-0.15, -0.1) is 0 Å². The average molecular weight is 307 g/mol. The first-order valence-electron chi connectivity index (χ1n) is 9.74. The van der Waals surface area contributed by atoms with Crippen molar-refractivity contribution < 1.29 is 0 Å². The highest BCUT2D eigenvalue weighted by Crippen LogP contribution is 2.26. The van der Waals surface area contributed by atoms with Gasteiger partial charge in [-0.1, -0.05) is 53.4 Å². The van der Waals surface area contributed by atoms with Crippen LogP contribution in [0.2, 0.25) is 0 Å². The Morgan fingerprint density at radius 2 is 0.682 bits per heavy atom. The van der Waals surface area contributed by atoms with E-state index in [0.29, 0.717) is 0 Å². The molecule has 0 aromatic heterocycles. The van der Waals surface area contributed by atoms with Crippen LogP contribution in [0, 0.1) is 0 Å². The van der Waals surface area contributed by atoms with E-state index >= 15 is 0 Å². The van der Waals surface area contributed by atoms with Crippen molar-refractivity contribution in [3.63, 3.8) is 0 Å². The van der Waals surface area contributed by atoms with Crippen LogP contribution in [0.5, 0.6) is 0 Å². The van der Waals surface area contributed by atoms with Crippen LogP contribution in [0.1, 0.15) is 105 Å². The monoisotopic (exact) mass is 306 g/mol. The molecule has 1 rings (SSSR count). The van der Waals surface area contributed by atoms with E-state index in [4.69, 9.17) is 0 Å². The zero-order valence-electron chi connectivity index (χ0n) is 15.5. The van der Waals surface area contributed by atoms with Gasteiger partial charge in [-0.2, -0.15) is 0 Å². The minimum Gasteiger partial charge on any atom is -0.359 e. The predicted octanol–water partition coefficient (Wildman–Crippen LogP) is 6.36. The van der Waals surface area contributed by atoms with Crippen molar-refractivity contribution in [1.29, 1.82) is 0 Å². The average Bonchev–Trinajstić information content (AvgIpc) is 2.55. The van der Waals surface area contributed by atoms with E-state index in [1.54, 1.807) is 0 Å². The molecule has 0 aliphatic carbocycles. The molecule has 0 unspecified atom stereocenters. The molecular formula is C20H38N2. The van der Waals surface area contributed by atoms with Crippen molar-refractivity contribution in [3.05, 3.63) is 22.8 Å². The molecule has 0 saturated carbocycles. The van der Waals surface area contributed by atoms with Gasteiger partial charge in [0.1, 0.15) is 0 Å². The third-order valence-corrected chi connectivity index (χ3v) is 4.45. The number of unbranched alkanes of at least 4 members (excludes halogenated alkanes) is 4. The highest BCUT2D eigenvalue weighted by molar-refractivity contribution is 5.29. The van der Waals surface area contributed by atoms with Gasteiger partial charge in [0.15, 0.2) is 0 Å². The number of hydrogen-bond acceptors (Lipinski definition) is 2. The van der Waals surface area contributed by atoms with Crippen molar-refractivity contribution in [2.24, 2.45) is 0 Å². The van der Waals surface area contributed by atoms with E-state index in [2.05, 4.69) is 38.3 Å². The Kier molecular flexibility index (Phi) is 10.1. The lowest BCUT2D eigenvalue weighted by Gasteiger charge is -2.29. The van der Waals surface area contributed by atoms with E-state index in [0.717, 1.165) is 0 Å². The molecule has 0 bridgehead atoms. The summed E-state index contributed by atoms with van der Waals surface area (Å²) in [6.07, 6.45) is 15.0. The molecule has 0 aromatic rings. The normalized spacial score (nSPS) is 15.1. The zero-order valence-corrected chi connectivity index (χ0v) is 15.5. The fourth-order valence-electron chi connectivity index (χ4n) is 2.93. The largest absolute Gasteiger partial charge is 0.359 e. The lowest BCUT2D eigenvalue weighted by Crippen LogP contribution is -2.31. The Hall–Kier alpha value is -0.920. The highest BCUT2D eigenvalue weighted by Gasteiger charge is 2.18. The second-order valence-electron chi connectivity index (χ2n) is 6.58. The number of rotatable bonds is 12. The Labute approximate surface area is 138 Å². The van der Waals surface area contributed by atoms with Gasteiger partial charge in [-0.25, -0.2) is 0 Å². The van der Waals surface area contributed by atoms with Gasteiger partial charge in [0, 0.05) is 22.8 Å². The fraction of sp³-hybridized carbons (Fsp3) is 0.800. The summed E-state index contributed by atoms with van der Waals surface area (Å²) >= 11 is 0. The molecule has 0 atom stereocenters. The molecular weight excluding hydrogens is 268 g/mol. The third-order valence-electron chi connectivity index (χ3n) is 4.45. The van der Waals surface area contributed by atoms with Crippen molar-refractivity contribution in [2.75, 3.05) is 0 Å². The molecule has 1 heterocycles. The van der Waals surface area contributed by atoms with Gasteiger partial charge in [-0.05, 0) is 51.4 Å². The van der Waals surface area contributed by atoms with Crippen LogP contribution in [0.3, 0.4) is 0 Å². The molecule has 2 heteroatoms. The Morgan fingerprint density at radius 1 is 0.455 bits per heavy atom. The number of allylic oxidation sites excluding steroid dienone is 4. The Bertz CT molecular complexity index is 298. The molecule has 0 saturated heterocycles. The quantitative estimate of drug-likeness (QED) is 0.438. The van der Waals surface area contributed by atoms with Crippen molar-refractivity contribution in [1.82, 2.24) is 10.6 Å². The summed E-state index contributed by atoms with van der Waals surface area (Å²) in [4.78, 5) is 0. The summed E-state index contributed by atoms with van der Waals surface area (Å²) in [5, 5.41) is 7.68. The van der Waals surface area contributed by atoms with E-state index in [9.17, 15) is 0 Å². The van der Waals surface area contributed by atoms with Crippen LogP contribution in [-0.4, -0.2) is 0 Å². The van der Waals surface area contributed by atoms with Crippen LogP contribution in [0.4, 0.5) is 0 Å². The van der Waals surface area contributed by atoms with Crippen molar-refractivity contribution in [2.45, 2.75) is 105 Å². The van der Waals surface area contributed by atoms with Gasteiger partial charge >= 0.3 is 0 Å². The molecule has 22 heavy (non-hydrogen) atoms. The summed E-state index contributed by atoms with van der Waals surface area (Å²) in [5.74, 6) is 0. The third kappa shape index (κ3) is 6.46. The number of hydrogen-bond donors (Lipinski definition) is 2. The maximum Gasteiger partial charge on any atom is 0.0345 e. The van der Waals surface area contributed by atoms with Crippen LogP contribution in [0.15, 0.2) is 22.8 Å². The summed E-state index contributed by atoms with van der Waals surface area (Å²) in [6.45, 7) is 9.12. The standard InChI is InChI=1S/C20H38N2/c1-5-9-13-17-18(14-10-6-2)22-20(16-12-8-4)19(21-17)15-11-7-3/h21-22H,5-16H2,1-4H3. The molecule has 1 aliphatic heterocycles. The minimum absolute atomic E-state index is 1.19. The van der Waals surface area contributed by atoms with Crippen molar-refractivity contribution >= 4 is 0 Å². The maximum absolute atomic E-state index is 3.84. The van der Waals surface area contributed by atoms with E-state index < -0.39 is 0 Å². The van der Waals surface area contributed by atoms with E-state index in [-0.39, 0.29) is 0 Å². The van der Waals surface area contributed by atoms with E-state index in [1.165, 1.54) is 99.8 Å². The second kappa shape index (κ2) is 11.6. The molecule has 0 spiro atoms. The highest BCUT2D eigenvalue weighted by atomic mass is 15.0. The summed E-state index contributed by atoms with van der Waals surface area (Å²) in [6, 6.07) is 0. The van der Waals surface area contributed by atoms with Gasteiger partial charge in [-0.3, -0.25) is 0 Å². The van der Waals surface area contributed by atoms with Crippen LogP contribution in [-0.2, 0) is 0 Å². The first-order valence-corrected chi connectivity index (χ1v) is 9.74. The van der Waals surface area contributed by atoms with Crippen LogP contribution in [0.25, 0.3) is 0 Å². The molecule has 0 radical (unpaired) electrons. The molecule has 128 valence electrons. The predicted molar refractivity (Wildman–Crippen MR) is 98.4 cm³/mol. The maximum atomic E-state index is 3.84. The molecule has 2 N–H and O–H groups in total. The van der Waals surface area contributed by atoms with Gasteiger partial charge in [0.2, 0.25) is 0 Å². The van der Waals surface area contributed by atoms with Gasteiger partial charge < -0.3 is 10.6 Å². The van der Waals surface area contributed by atoms with Gasteiger partial charge in [0.25, 0.3) is 0 Å². The molecule has 0 fully saturated rings. The molecule has 2 nitrogen and oxygen atoms in total. The van der Waals surface area contributed by atoms with Crippen LogP contribution < -0.4 is 10.6 Å². The topological polar surface area (TPSA) is 24.1 Å². The summed E-state index contributed by atoms with van der Waals surface area (Å²) < 4.78 is 0. The first kappa shape index (κ1) is 19.1. The minimum atomic E-state index is 1.19. The Morgan fingerprint density at radius 3 is 0.864 bits per heavy atom. The lowest BCUT2D eigenvalue weighted by atomic mass is 10.0. The molecule has 1 aliphatic rings. The summed E-state index contributed by atoms with van der Waals surface area (Å²) in [7, 11) is 0. The first-order chi connectivity index (χ1) is 10.8. The van der Waals surface area contributed by atoms with E-state index in [1.807, 2.05) is 0 Å². The SMILES string of the molecule is CCCCC1=C(CCCC)NC(CCCC)=C(CCCC)N1. The zero-order chi connectivity index (χ0) is 16.2. The summed E-state index contributed by atoms with van der Waals surface area (Å²) in [5.41, 5.74) is 5.90. The van der Waals surface area contributed by atoms with Crippen LogP contribution >= 0.6 is 0 Å². The lowest BCUT2D eigenvalue weighted by molar-refractivity contribution is 0.597. The van der Waals surface area contributed by atoms with Crippen molar-refractivity contribution in [3.8, 4) is 0 Å². The molecule has 0 amide bonds. The number of nitrogens with one attached hydrogen (secondary N) is 2. The van der Waals surface area contributed by atoms with Gasteiger partial charge in [0.05, 0.1) is 0 Å². The molecule has 0 aromatic carbocycles. The smallest absolute Gasteiger partial charge is 0.0345 e.